The lowest BCUT2D eigenvalue weighted by Crippen LogP contribution is -2.20. The standard InChI is InChI=1S/C23H23FN2O/c1-5-14-13(3)26-11-17-16-8-6-7-15-12(2)18(24)9-19(22(15)16)25-23(17)20(26)10-21(14)27-4/h9-10H,3,5-8,11H2,1-2,4H3. The highest BCUT2D eigenvalue weighted by atomic mass is 19.1. The van der Waals surface area contributed by atoms with E-state index in [2.05, 4.69) is 24.5 Å². The van der Waals surface area contributed by atoms with Crippen LogP contribution in [0.4, 0.5) is 4.39 Å². The van der Waals surface area contributed by atoms with Gasteiger partial charge in [0, 0.05) is 34.4 Å². The van der Waals surface area contributed by atoms with E-state index in [9.17, 15) is 4.39 Å². The Kier molecular flexibility index (Phi) is 3.48. The quantitative estimate of drug-likeness (QED) is 0.737. The van der Waals surface area contributed by atoms with Crippen LogP contribution in [0.5, 0.6) is 0 Å². The second-order valence-electron chi connectivity index (χ2n) is 7.59. The Balaban J connectivity index is 1.81. The maximum atomic E-state index is 14.5. The highest BCUT2D eigenvalue weighted by Gasteiger charge is 2.36. The van der Waals surface area contributed by atoms with Crippen molar-refractivity contribution in [1.29, 1.82) is 0 Å². The van der Waals surface area contributed by atoms with Gasteiger partial charge >= 0.3 is 0 Å². The Morgan fingerprint density at radius 2 is 2.04 bits per heavy atom. The van der Waals surface area contributed by atoms with Crippen LogP contribution in [0.15, 0.2) is 35.8 Å². The largest absolute Gasteiger partial charge is 0.496 e. The number of aryl methyl sites for hydroxylation is 2. The Morgan fingerprint density at radius 3 is 2.78 bits per heavy atom. The van der Waals surface area contributed by atoms with Gasteiger partial charge in [-0.1, -0.05) is 13.5 Å². The lowest BCUT2D eigenvalue weighted by atomic mass is 9.85. The Bertz CT molecular complexity index is 1090. The number of aromatic nitrogens is 1. The molecule has 0 spiro atoms. The topological polar surface area (TPSA) is 25.4 Å². The van der Waals surface area contributed by atoms with Gasteiger partial charge < -0.3 is 9.64 Å². The van der Waals surface area contributed by atoms with Gasteiger partial charge in [0.15, 0.2) is 0 Å². The fraction of sp³-hybridized carbons (Fsp3) is 0.348. The second kappa shape index (κ2) is 5.69. The minimum absolute atomic E-state index is 0.152. The molecule has 0 fully saturated rings. The van der Waals surface area contributed by atoms with Gasteiger partial charge in [0.25, 0.3) is 0 Å². The van der Waals surface area contributed by atoms with Crippen LogP contribution in [0.3, 0.4) is 0 Å². The van der Waals surface area contributed by atoms with Crippen LogP contribution < -0.4 is 0 Å². The summed E-state index contributed by atoms with van der Waals surface area (Å²) in [5, 5.41) is 1.18. The zero-order valence-corrected chi connectivity index (χ0v) is 16.1. The number of hydrogen-bond donors (Lipinski definition) is 0. The Labute approximate surface area is 158 Å². The van der Waals surface area contributed by atoms with Gasteiger partial charge in [-0.3, -0.25) is 0 Å². The first-order valence-corrected chi connectivity index (χ1v) is 9.64. The molecule has 0 N–H and O–H groups in total. The molecule has 138 valence electrons. The molecule has 2 aliphatic heterocycles. The van der Waals surface area contributed by atoms with Crippen LogP contribution in [0.2, 0.25) is 0 Å². The molecule has 4 heteroatoms. The number of benzene rings is 1. The summed E-state index contributed by atoms with van der Waals surface area (Å²) in [6.07, 6.45) is 5.96. The highest BCUT2D eigenvalue weighted by molar-refractivity contribution is 5.92. The zero-order valence-electron chi connectivity index (χ0n) is 16.1. The molecule has 0 atom stereocenters. The van der Waals surface area contributed by atoms with Crippen molar-refractivity contribution in [3.63, 3.8) is 0 Å². The third-order valence-corrected chi connectivity index (χ3v) is 6.33. The number of methoxy groups -OCH3 is 1. The normalized spacial score (nSPS) is 18.0. The fourth-order valence-electron chi connectivity index (χ4n) is 4.94. The summed E-state index contributed by atoms with van der Waals surface area (Å²) in [6.45, 7) is 9.13. The predicted octanol–water partition coefficient (Wildman–Crippen LogP) is 5.17. The van der Waals surface area contributed by atoms with Crippen molar-refractivity contribution < 1.29 is 9.13 Å². The van der Waals surface area contributed by atoms with Gasteiger partial charge in [-0.15, -0.1) is 0 Å². The lowest BCUT2D eigenvalue weighted by molar-refractivity contribution is 0.295. The van der Waals surface area contributed by atoms with Gasteiger partial charge in [0.2, 0.25) is 0 Å². The molecule has 0 saturated heterocycles. The van der Waals surface area contributed by atoms with Crippen LogP contribution in [-0.4, -0.2) is 17.0 Å². The SMILES string of the molecule is C=C1C(CC)=C(OC)C=C2c3nc4cc(F)c(C)c5c4c(c3CN12)CCC5. The van der Waals surface area contributed by atoms with Crippen molar-refractivity contribution in [3.8, 4) is 0 Å². The molecule has 5 rings (SSSR count). The molecule has 0 amide bonds. The van der Waals surface area contributed by atoms with Crippen LogP contribution >= 0.6 is 0 Å². The van der Waals surface area contributed by atoms with E-state index in [1.807, 2.05) is 6.92 Å². The molecule has 1 aliphatic carbocycles. The molecule has 2 aromatic rings. The van der Waals surface area contributed by atoms with Gasteiger partial charge in [-0.2, -0.15) is 0 Å². The highest BCUT2D eigenvalue weighted by Crippen LogP contribution is 2.46. The maximum absolute atomic E-state index is 14.5. The van der Waals surface area contributed by atoms with E-state index in [1.54, 1.807) is 13.2 Å². The van der Waals surface area contributed by atoms with Crippen molar-refractivity contribution in [2.45, 2.75) is 46.1 Å². The summed E-state index contributed by atoms with van der Waals surface area (Å²) >= 11 is 0. The Morgan fingerprint density at radius 1 is 1.26 bits per heavy atom. The number of halogens is 1. The van der Waals surface area contributed by atoms with E-state index >= 15 is 0 Å². The number of hydrogen-bond acceptors (Lipinski definition) is 3. The van der Waals surface area contributed by atoms with Crippen LogP contribution in [0, 0.1) is 12.7 Å². The number of nitrogens with zero attached hydrogens (tertiary/aromatic N) is 2. The second-order valence-corrected chi connectivity index (χ2v) is 7.59. The summed E-state index contributed by atoms with van der Waals surface area (Å²) < 4.78 is 20.1. The van der Waals surface area contributed by atoms with Crippen molar-refractivity contribution in [3.05, 3.63) is 69.5 Å². The number of allylic oxidation sites excluding steroid dienone is 2. The van der Waals surface area contributed by atoms with Crippen molar-refractivity contribution in [2.75, 3.05) is 7.11 Å². The van der Waals surface area contributed by atoms with Crippen molar-refractivity contribution >= 4 is 16.6 Å². The van der Waals surface area contributed by atoms with E-state index in [0.717, 1.165) is 77.3 Å². The molecule has 3 aliphatic rings. The lowest BCUT2D eigenvalue weighted by Gasteiger charge is -2.29. The first kappa shape index (κ1) is 16.5. The molecule has 3 heterocycles. The van der Waals surface area contributed by atoms with Gasteiger partial charge in [-0.25, -0.2) is 9.37 Å². The number of pyridine rings is 1. The average molecular weight is 362 g/mol. The van der Waals surface area contributed by atoms with Crippen LogP contribution in [0.1, 0.15) is 47.7 Å². The molecule has 0 radical (unpaired) electrons. The number of fused-ring (bicyclic) bond motifs is 4. The fourth-order valence-corrected chi connectivity index (χ4v) is 4.94. The van der Waals surface area contributed by atoms with Crippen LogP contribution in [0.25, 0.3) is 16.6 Å². The number of rotatable bonds is 2. The molecule has 0 bridgehead atoms. The Hall–Kier alpha value is -2.62. The zero-order chi connectivity index (χ0) is 18.9. The minimum atomic E-state index is -0.152. The third-order valence-electron chi connectivity index (χ3n) is 6.33. The third kappa shape index (κ3) is 2.10. The van der Waals surface area contributed by atoms with Crippen molar-refractivity contribution in [2.24, 2.45) is 0 Å². The van der Waals surface area contributed by atoms with E-state index in [1.165, 1.54) is 16.5 Å². The summed E-state index contributed by atoms with van der Waals surface area (Å²) in [5.41, 5.74) is 9.42. The first-order valence-electron chi connectivity index (χ1n) is 9.64. The minimum Gasteiger partial charge on any atom is -0.496 e. The molecular formula is C23H23FN2O. The van der Waals surface area contributed by atoms with E-state index < -0.39 is 0 Å². The molecule has 27 heavy (non-hydrogen) atoms. The van der Waals surface area contributed by atoms with Crippen LogP contribution in [-0.2, 0) is 24.1 Å². The van der Waals surface area contributed by atoms with E-state index in [-0.39, 0.29) is 5.82 Å². The molecular weight excluding hydrogens is 339 g/mol. The number of ether oxygens (including phenoxy) is 1. The first-order chi connectivity index (χ1) is 13.0. The van der Waals surface area contributed by atoms with Gasteiger partial charge in [0.1, 0.15) is 11.6 Å². The molecule has 1 aromatic carbocycles. The summed E-state index contributed by atoms with van der Waals surface area (Å²) in [4.78, 5) is 7.17. The van der Waals surface area contributed by atoms with E-state index in [4.69, 9.17) is 9.72 Å². The average Bonchev–Trinajstić information content (AvgIpc) is 3.05. The summed E-state index contributed by atoms with van der Waals surface area (Å²) in [5.74, 6) is 0.702. The van der Waals surface area contributed by atoms with Crippen molar-refractivity contribution in [1.82, 2.24) is 9.88 Å². The smallest absolute Gasteiger partial charge is 0.128 e. The molecule has 0 saturated carbocycles. The molecule has 0 unspecified atom stereocenters. The summed E-state index contributed by atoms with van der Waals surface area (Å²) in [6, 6.07) is 1.61. The molecule has 3 nitrogen and oxygen atoms in total. The predicted molar refractivity (Wildman–Crippen MR) is 105 cm³/mol. The van der Waals surface area contributed by atoms with Gasteiger partial charge in [0.05, 0.1) is 30.6 Å². The van der Waals surface area contributed by atoms with Gasteiger partial charge in [-0.05, 0) is 49.3 Å². The van der Waals surface area contributed by atoms with E-state index in [0.29, 0.717) is 0 Å². The summed E-state index contributed by atoms with van der Waals surface area (Å²) in [7, 11) is 1.70. The molecule has 1 aromatic heterocycles. The monoisotopic (exact) mass is 362 g/mol. The maximum Gasteiger partial charge on any atom is 0.128 e.